The first-order valence-corrected chi connectivity index (χ1v) is 5.12. The first-order valence-electron chi connectivity index (χ1n) is 5.12. The van der Waals surface area contributed by atoms with E-state index in [1.807, 2.05) is 11.6 Å². The Kier molecular flexibility index (Phi) is 2.56. The van der Waals surface area contributed by atoms with Crippen LogP contribution in [-0.4, -0.2) is 28.4 Å². The lowest BCUT2D eigenvalue weighted by molar-refractivity contribution is 0.104. The lowest BCUT2D eigenvalue weighted by Crippen LogP contribution is -2.09. The van der Waals surface area contributed by atoms with Crippen molar-refractivity contribution in [2.24, 2.45) is 5.92 Å². The van der Waals surface area contributed by atoms with Crippen molar-refractivity contribution in [3.05, 3.63) is 11.4 Å². The lowest BCUT2D eigenvalue weighted by atomic mass is 10.2. The molecule has 0 spiro atoms. The third kappa shape index (κ3) is 1.67. The van der Waals surface area contributed by atoms with Gasteiger partial charge >= 0.3 is 0 Å². The number of hydrogen-bond donors (Lipinski definition) is 0. The van der Waals surface area contributed by atoms with E-state index in [4.69, 9.17) is 4.74 Å². The van der Waals surface area contributed by atoms with Crippen LogP contribution in [0, 0.1) is 5.92 Å². The number of aromatic nitrogens is 3. The standard InChI is InChI=1S/C10H15N3O2/c1-6-4-9(6)13-10(7(2)15-3)8(5-14)11-12-13/h5-7,9H,4H2,1-3H3. The summed E-state index contributed by atoms with van der Waals surface area (Å²) in [5.74, 6) is 0.619. The van der Waals surface area contributed by atoms with Gasteiger partial charge in [-0.15, -0.1) is 5.10 Å². The van der Waals surface area contributed by atoms with Crippen molar-refractivity contribution >= 4 is 6.29 Å². The molecular formula is C10H15N3O2. The highest BCUT2D eigenvalue weighted by molar-refractivity contribution is 5.73. The molecule has 0 amide bonds. The molecule has 2 rings (SSSR count). The number of hydrogen-bond acceptors (Lipinski definition) is 4. The third-order valence-corrected chi connectivity index (χ3v) is 2.99. The van der Waals surface area contributed by atoms with Crippen LogP contribution in [0.25, 0.3) is 0 Å². The molecule has 5 nitrogen and oxygen atoms in total. The van der Waals surface area contributed by atoms with Gasteiger partial charge in [0.2, 0.25) is 0 Å². The summed E-state index contributed by atoms with van der Waals surface area (Å²) >= 11 is 0. The van der Waals surface area contributed by atoms with Crippen LogP contribution < -0.4 is 0 Å². The van der Waals surface area contributed by atoms with E-state index >= 15 is 0 Å². The highest BCUT2D eigenvalue weighted by Crippen LogP contribution is 2.43. The van der Waals surface area contributed by atoms with Gasteiger partial charge in [0.25, 0.3) is 0 Å². The normalized spacial score (nSPS) is 26.3. The second kappa shape index (κ2) is 3.73. The molecule has 0 bridgehead atoms. The molecule has 15 heavy (non-hydrogen) atoms. The first-order chi connectivity index (χ1) is 7.19. The van der Waals surface area contributed by atoms with E-state index in [1.165, 1.54) is 0 Å². The van der Waals surface area contributed by atoms with E-state index in [-0.39, 0.29) is 6.10 Å². The maximum Gasteiger partial charge on any atom is 0.172 e. The summed E-state index contributed by atoms with van der Waals surface area (Å²) in [6.07, 6.45) is 1.69. The molecule has 1 aromatic heterocycles. The van der Waals surface area contributed by atoms with Crippen molar-refractivity contribution < 1.29 is 9.53 Å². The van der Waals surface area contributed by atoms with Crippen molar-refractivity contribution in [2.45, 2.75) is 32.4 Å². The average molecular weight is 209 g/mol. The Morgan fingerprint density at radius 3 is 2.80 bits per heavy atom. The predicted octanol–water partition coefficient (Wildman–Crippen LogP) is 1.38. The van der Waals surface area contributed by atoms with Crippen molar-refractivity contribution in [2.75, 3.05) is 7.11 Å². The van der Waals surface area contributed by atoms with Gasteiger partial charge in [0.15, 0.2) is 12.0 Å². The summed E-state index contributed by atoms with van der Waals surface area (Å²) in [5.41, 5.74) is 1.19. The smallest absolute Gasteiger partial charge is 0.172 e. The average Bonchev–Trinajstić information content (AvgIpc) is 2.82. The number of ether oxygens (including phenoxy) is 1. The molecule has 5 heteroatoms. The Labute approximate surface area is 88.4 Å². The van der Waals surface area contributed by atoms with E-state index in [0.29, 0.717) is 17.7 Å². The topological polar surface area (TPSA) is 57.0 Å². The number of aldehydes is 1. The van der Waals surface area contributed by atoms with Crippen LogP contribution in [0.3, 0.4) is 0 Å². The zero-order valence-corrected chi connectivity index (χ0v) is 9.17. The second-order valence-electron chi connectivity index (χ2n) is 4.08. The van der Waals surface area contributed by atoms with Crippen LogP contribution in [0.5, 0.6) is 0 Å². The number of carbonyl (C=O) groups excluding carboxylic acids is 1. The fraction of sp³-hybridized carbons (Fsp3) is 0.700. The molecule has 1 aromatic rings. The van der Waals surface area contributed by atoms with Gasteiger partial charge in [-0.3, -0.25) is 4.79 Å². The van der Waals surface area contributed by atoms with Crippen LogP contribution in [0.2, 0.25) is 0 Å². The van der Waals surface area contributed by atoms with Crippen molar-refractivity contribution in [1.29, 1.82) is 0 Å². The fourth-order valence-electron chi connectivity index (χ4n) is 1.79. The zero-order valence-electron chi connectivity index (χ0n) is 9.17. The molecule has 0 aromatic carbocycles. The maximum atomic E-state index is 10.8. The van der Waals surface area contributed by atoms with Gasteiger partial charge in [0.05, 0.1) is 17.8 Å². The Morgan fingerprint density at radius 2 is 2.33 bits per heavy atom. The van der Waals surface area contributed by atoms with Gasteiger partial charge in [0, 0.05) is 7.11 Å². The number of carbonyl (C=O) groups is 1. The van der Waals surface area contributed by atoms with Crippen molar-refractivity contribution in [3.8, 4) is 0 Å². The lowest BCUT2D eigenvalue weighted by Gasteiger charge is -2.11. The predicted molar refractivity (Wildman–Crippen MR) is 53.7 cm³/mol. The van der Waals surface area contributed by atoms with E-state index in [9.17, 15) is 4.79 Å². The highest BCUT2D eigenvalue weighted by atomic mass is 16.5. The molecule has 1 heterocycles. The SMILES string of the molecule is COC(C)c1c(C=O)nnn1C1CC1C. The van der Waals surface area contributed by atoms with Gasteiger partial charge in [-0.2, -0.15) is 0 Å². The third-order valence-electron chi connectivity index (χ3n) is 2.99. The fourth-order valence-corrected chi connectivity index (χ4v) is 1.79. The molecular weight excluding hydrogens is 194 g/mol. The van der Waals surface area contributed by atoms with Gasteiger partial charge < -0.3 is 4.74 Å². The summed E-state index contributed by atoms with van der Waals surface area (Å²) < 4.78 is 7.07. The molecule has 0 N–H and O–H groups in total. The Bertz CT molecular complexity index is 375. The molecule has 1 aliphatic carbocycles. The van der Waals surface area contributed by atoms with Gasteiger partial charge in [0.1, 0.15) is 0 Å². The largest absolute Gasteiger partial charge is 0.375 e. The monoisotopic (exact) mass is 209 g/mol. The van der Waals surface area contributed by atoms with Crippen LogP contribution in [0.15, 0.2) is 0 Å². The van der Waals surface area contributed by atoms with Crippen LogP contribution in [0.4, 0.5) is 0 Å². The highest BCUT2D eigenvalue weighted by Gasteiger charge is 2.38. The first kappa shape index (κ1) is 10.3. The molecule has 1 saturated carbocycles. The van der Waals surface area contributed by atoms with E-state index in [2.05, 4.69) is 17.2 Å². The molecule has 0 radical (unpaired) electrons. The minimum Gasteiger partial charge on any atom is -0.375 e. The van der Waals surface area contributed by atoms with Gasteiger partial charge in [-0.1, -0.05) is 12.1 Å². The second-order valence-corrected chi connectivity index (χ2v) is 4.08. The Morgan fingerprint density at radius 1 is 1.67 bits per heavy atom. The summed E-state index contributed by atoms with van der Waals surface area (Å²) in [6, 6.07) is 0.388. The summed E-state index contributed by atoms with van der Waals surface area (Å²) in [6.45, 7) is 4.06. The molecule has 0 saturated heterocycles. The van der Waals surface area contributed by atoms with E-state index < -0.39 is 0 Å². The maximum absolute atomic E-state index is 10.8. The number of rotatable bonds is 4. The summed E-state index contributed by atoms with van der Waals surface area (Å²) in [5, 5.41) is 7.89. The van der Waals surface area contributed by atoms with Crippen LogP contribution in [-0.2, 0) is 4.74 Å². The zero-order chi connectivity index (χ0) is 11.0. The van der Waals surface area contributed by atoms with Gasteiger partial charge in [-0.05, 0) is 19.3 Å². The molecule has 1 fully saturated rings. The molecule has 3 unspecified atom stereocenters. The quantitative estimate of drug-likeness (QED) is 0.703. The molecule has 0 aliphatic heterocycles. The Hall–Kier alpha value is -1.23. The van der Waals surface area contributed by atoms with Crippen LogP contribution >= 0.6 is 0 Å². The molecule has 82 valence electrons. The van der Waals surface area contributed by atoms with Crippen molar-refractivity contribution in [1.82, 2.24) is 15.0 Å². The molecule has 1 aliphatic rings. The minimum absolute atomic E-state index is 0.145. The van der Waals surface area contributed by atoms with E-state index in [1.54, 1.807) is 7.11 Å². The van der Waals surface area contributed by atoms with Crippen LogP contribution in [0.1, 0.15) is 48.6 Å². The summed E-state index contributed by atoms with van der Waals surface area (Å²) in [7, 11) is 1.62. The number of nitrogens with zero attached hydrogens (tertiary/aromatic N) is 3. The molecule has 3 atom stereocenters. The van der Waals surface area contributed by atoms with Gasteiger partial charge in [-0.25, -0.2) is 4.68 Å². The Balaban J connectivity index is 2.37. The van der Waals surface area contributed by atoms with Crippen molar-refractivity contribution in [3.63, 3.8) is 0 Å². The number of methoxy groups -OCH3 is 1. The van der Waals surface area contributed by atoms with E-state index in [0.717, 1.165) is 18.4 Å². The minimum atomic E-state index is -0.145. The summed E-state index contributed by atoms with van der Waals surface area (Å²) in [4.78, 5) is 10.8.